The van der Waals surface area contributed by atoms with Crippen LogP contribution in [0.5, 0.6) is 11.5 Å². The van der Waals surface area contributed by atoms with Gasteiger partial charge in [0.05, 0.1) is 19.3 Å². The minimum Gasteiger partial charge on any atom is -0.490 e. The molecular formula is C20H25NO3. The van der Waals surface area contributed by atoms with Crippen LogP contribution in [0, 0.1) is 5.92 Å². The third kappa shape index (κ3) is 3.14. The molecule has 1 aliphatic carbocycles. The molecule has 0 radical (unpaired) electrons. The van der Waals surface area contributed by atoms with Crippen LogP contribution in [-0.2, 0) is 4.79 Å². The number of carbonyl (C=O) groups excluding carboxylic acids is 1. The molecule has 0 spiro atoms. The number of amides is 1. The van der Waals surface area contributed by atoms with Gasteiger partial charge in [-0.1, -0.05) is 18.2 Å². The smallest absolute Gasteiger partial charge is 0.223 e. The monoisotopic (exact) mass is 327 g/mol. The van der Waals surface area contributed by atoms with Crippen molar-refractivity contribution in [1.82, 2.24) is 4.90 Å². The summed E-state index contributed by atoms with van der Waals surface area (Å²) in [5.74, 6) is 2.37. The fraction of sp³-hybridized carbons (Fsp3) is 0.550. The van der Waals surface area contributed by atoms with Gasteiger partial charge < -0.3 is 14.4 Å². The van der Waals surface area contributed by atoms with Crippen LogP contribution in [0.2, 0.25) is 0 Å². The summed E-state index contributed by atoms with van der Waals surface area (Å²) in [7, 11) is 0. The molecule has 2 heterocycles. The second kappa shape index (κ2) is 6.88. The number of ether oxygens (including phenoxy) is 2. The van der Waals surface area contributed by atoms with Crippen LogP contribution in [-0.4, -0.2) is 30.6 Å². The Morgan fingerprint density at radius 2 is 2.00 bits per heavy atom. The number of fused-ring (bicyclic) bond motifs is 1. The first-order chi connectivity index (χ1) is 11.8. The first kappa shape index (κ1) is 15.6. The van der Waals surface area contributed by atoms with Crippen molar-refractivity contribution in [1.29, 1.82) is 0 Å². The Morgan fingerprint density at radius 3 is 2.83 bits per heavy atom. The Morgan fingerprint density at radius 1 is 1.12 bits per heavy atom. The molecule has 1 aromatic rings. The fourth-order valence-corrected chi connectivity index (χ4v) is 4.01. The maximum absolute atomic E-state index is 12.8. The molecule has 3 aliphatic rings. The third-order valence-electron chi connectivity index (χ3n) is 5.28. The quantitative estimate of drug-likeness (QED) is 0.791. The Hall–Kier alpha value is -1.97. The maximum Gasteiger partial charge on any atom is 0.223 e. The summed E-state index contributed by atoms with van der Waals surface area (Å²) >= 11 is 0. The van der Waals surface area contributed by atoms with Crippen LogP contribution < -0.4 is 9.47 Å². The van der Waals surface area contributed by atoms with Crippen LogP contribution in [0.15, 0.2) is 30.4 Å². The van der Waals surface area contributed by atoms with E-state index in [4.69, 9.17) is 9.47 Å². The van der Waals surface area contributed by atoms with Gasteiger partial charge in [-0.25, -0.2) is 0 Å². The van der Waals surface area contributed by atoms with Gasteiger partial charge in [-0.15, -0.1) is 0 Å². The van der Waals surface area contributed by atoms with Gasteiger partial charge in [0.1, 0.15) is 0 Å². The predicted octanol–water partition coefficient (Wildman–Crippen LogP) is 3.87. The van der Waals surface area contributed by atoms with Crippen LogP contribution in [0.3, 0.4) is 0 Å². The van der Waals surface area contributed by atoms with E-state index in [1.54, 1.807) is 0 Å². The average molecular weight is 327 g/mol. The highest BCUT2D eigenvalue weighted by molar-refractivity contribution is 5.77. The summed E-state index contributed by atoms with van der Waals surface area (Å²) < 4.78 is 11.5. The normalized spacial score (nSPS) is 25.8. The Labute approximate surface area is 143 Å². The lowest BCUT2D eigenvalue weighted by molar-refractivity contribution is -0.132. The molecule has 4 nitrogen and oxygen atoms in total. The van der Waals surface area contributed by atoms with Crippen LogP contribution in [0.25, 0.3) is 0 Å². The predicted molar refractivity (Wildman–Crippen MR) is 92.2 cm³/mol. The first-order valence-electron chi connectivity index (χ1n) is 9.17. The van der Waals surface area contributed by atoms with E-state index in [0.717, 1.165) is 50.1 Å². The van der Waals surface area contributed by atoms with Crippen molar-refractivity contribution >= 4 is 5.91 Å². The number of benzene rings is 1. The molecule has 1 amide bonds. The molecule has 4 heteroatoms. The number of likely N-dealkylation sites (tertiary alicyclic amines) is 1. The van der Waals surface area contributed by atoms with Crippen molar-refractivity contribution in [3.05, 3.63) is 35.9 Å². The van der Waals surface area contributed by atoms with Crippen molar-refractivity contribution in [3.8, 4) is 11.5 Å². The Balaban J connectivity index is 1.50. The number of allylic oxidation sites excluding steroid dienone is 2. The molecule has 128 valence electrons. The molecule has 1 aromatic carbocycles. The van der Waals surface area contributed by atoms with Gasteiger partial charge in [0.15, 0.2) is 11.5 Å². The summed E-state index contributed by atoms with van der Waals surface area (Å²) in [6.07, 6.45) is 10.3. The maximum atomic E-state index is 12.8. The second-order valence-electron chi connectivity index (χ2n) is 6.97. The second-order valence-corrected chi connectivity index (χ2v) is 6.97. The summed E-state index contributed by atoms with van der Waals surface area (Å²) in [6, 6.07) is 6.35. The molecular weight excluding hydrogens is 302 g/mol. The molecule has 0 saturated carbocycles. The first-order valence-corrected chi connectivity index (χ1v) is 9.17. The van der Waals surface area contributed by atoms with Gasteiger partial charge >= 0.3 is 0 Å². The number of nitrogens with zero attached hydrogens (tertiary/aromatic N) is 1. The van der Waals surface area contributed by atoms with Gasteiger partial charge in [0.25, 0.3) is 0 Å². The average Bonchev–Trinajstić information content (AvgIpc) is 3.22. The minimum atomic E-state index is 0.181. The molecule has 4 rings (SSSR count). The highest BCUT2D eigenvalue weighted by Crippen LogP contribution is 2.38. The highest BCUT2D eigenvalue weighted by atomic mass is 16.5. The molecule has 2 atom stereocenters. The van der Waals surface area contributed by atoms with Gasteiger partial charge in [-0.05, 0) is 49.3 Å². The zero-order valence-corrected chi connectivity index (χ0v) is 14.1. The van der Waals surface area contributed by atoms with E-state index in [-0.39, 0.29) is 6.04 Å². The van der Waals surface area contributed by atoms with Crippen LogP contribution >= 0.6 is 0 Å². The van der Waals surface area contributed by atoms with Gasteiger partial charge in [-0.3, -0.25) is 4.79 Å². The van der Waals surface area contributed by atoms with Gasteiger partial charge in [0.2, 0.25) is 5.91 Å². The third-order valence-corrected chi connectivity index (χ3v) is 5.28. The van der Waals surface area contributed by atoms with E-state index in [0.29, 0.717) is 31.5 Å². The summed E-state index contributed by atoms with van der Waals surface area (Å²) in [5.41, 5.74) is 1.17. The zero-order valence-electron chi connectivity index (χ0n) is 14.1. The topological polar surface area (TPSA) is 38.8 Å². The largest absolute Gasteiger partial charge is 0.490 e. The highest BCUT2D eigenvalue weighted by Gasteiger charge is 2.31. The molecule has 0 aromatic heterocycles. The molecule has 0 bridgehead atoms. The molecule has 2 aliphatic heterocycles. The Kier molecular flexibility index (Phi) is 4.46. The van der Waals surface area contributed by atoms with E-state index in [1.165, 1.54) is 5.56 Å². The number of rotatable bonds is 3. The van der Waals surface area contributed by atoms with Crippen LogP contribution in [0.1, 0.15) is 50.1 Å². The number of hydrogen-bond donors (Lipinski definition) is 0. The van der Waals surface area contributed by atoms with Crippen molar-refractivity contribution in [3.63, 3.8) is 0 Å². The van der Waals surface area contributed by atoms with E-state index >= 15 is 0 Å². The van der Waals surface area contributed by atoms with Gasteiger partial charge in [0, 0.05) is 19.4 Å². The summed E-state index contributed by atoms with van der Waals surface area (Å²) in [6.45, 7) is 2.27. The van der Waals surface area contributed by atoms with Crippen LogP contribution in [0.4, 0.5) is 0 Å². The lowest BCUT2D eigenvalue weighted by Gasteiger charge is -2.26. The fourth-order valence-electron chi connectivity index (χ4n) is 4.01. The SMILES string of the molecule is O=C(C[C@H]1C=CCC1)N1CCC[C@@H]1c1ccc2c(c1)OCCCO2. The van der Waals surface area contributed by atoms with Crippen molar-refractivity contribution in [2.75, 3.05) is 19.8 Å². The standard InChI is InChI=1S/C20H25NO3/c22-20(13-15-5-1-2-6-15)21-10-3-7-17(21)16-8-9-18-19(14-16)24-12-4-11-23-18/h1,5,8-9,14-15,17H,2-4,6-7,10-13H2/t15-,17+/m0/s1. The van der Waals surface area contributed by atoms with E-state index < -0.39 is 0 Å². The van der Waals surface area contributed by atoms with E-state index in [1.807, 2.05) is 6.07 Å². The Bertz CT molecular complexity index is 640. The van der Waals surface area contributed by atoms with E-state index in [2.05, 4.69) is 29.2 Å². The number of hydrogen-bond acceptors (Lipinski definition) is 3. The molecule has 0 N–H and O–H groups in total. The molecule has 1 fully saturated rings. The zero-order chi connectivity index (χ0) is 16.4. The van der Waals surface area contributed by atoms with Gasteiger partial charge in [-0.2, -0.15) is 0 Å². The lowest BCUT2D eigenvalue weighted by Crippen LogP contribution is -2.31. The summed E-state index contributed by atoms with van der Waals surface area (Å²) in [4.78, 5) is 14.8. The molecule has 24 heavy (non-hydrogen) atoms. The summed E-state index contributed by atoms with van der Waals surface area (Å²) in [5, 5.41) is 0. The molecule has 0 unspecified atom stereocenters. The minimum absolute atomic E-state index is 0.181. The van der Waals surface area contributed by atoms with E-state index in [9.17, 15) is 4.79 Å². The molecule has 1 saturated heterocycles. The van der Waals surface area contributed by atoms with Crippen molar-refractivity contribution in [2.24, 2.45) is 5.92 Å². The van der Waals surface area contributed by atoms with Crippen molar-refractivity contribution < 1.29 is 14.3 Å². The van der Waals surface area contributed by atoms with Crippen molar-refractivity contribution in [2.45, 2.75) is 44.6 Å². The lowest BCUT2D eigenvalue weighted by atomic mass is 10.0. The number of carbonyl (C=O) groups is 1.